The smallest absolute Gasteiger partial charge is 0.122 e. The van der Waals surface area contributed by atoms with Gasteiger partial charge in [0.05, 0.1) is 7.11 Å². The van der Waals surface area contributed by atoms with E-state index in [0.29, 0.717) is 0 Å². The van der Waals surface area contributed by atoms with Crippen LogP contribution in [-0.4, -0.2) is 18.8 Å². The number of methoxy groups -OCH3 is 1. The summed E-state index contributed by atoms with van der Waals surface area (Å²) in [7, 11) is 1.69. The summed E-state index contributed by atoms with van der Waals surface area (Å²) in [5.41, 5.74) is 5.00. The zero-order chi connectivity index (χ0) is 15.2. The van der Waals surface area contributed by atoms with Crippen LogP contribution in [0.4, 0.5) is 0 Å². The zero-order valence-electron chi connectivity index (χ0n) is 13.1. The lowest BCUT2D eigenvalue weighted by atomic mass is 9.91. The van der Waals surface area contributed by atoms with Crippen LogP contribution < -0.4 is 4.74 Å². The standard InChI is InChI=1S/C19H24O2/c1-14-8-15(2)10-16(9-14)11-17(13-20)12-18-6-4-5-7-19(18)21-3/h4-10,17,20H,11-13H2,1-3H3. The van der Waals surface area contributed by atoms with Gasteiger partial charge < -0.3 is 9.84 Å². The molecular weight excluding hydrogens is 260 g/mol. The Morgan fingerprint density at radius 1 is 1.00 bits per heavy atom. The predicted octanol–water partition coefficient (Wildman–Crippen LogP) is 3.71. The first-order chi connectivity index (χ1) is 10.1. The fraction of sp³-hybridized carbons (Fsp3) is 0.368. The van der Waals surface area contributed by atoms with Gasteiger partial charge in [0.1, 0.15) is 5.75 Å². The van der Waals surface area contributed by atoms with Crippen molar-refractivity contribution < 1.29 is 9.84 Å². The third-order valence-electron chi connectivity index (χ3n) is 3.77. The number of ether oxygens (including phenoxy) is 1. The number of hydrogen-bond acceptors (Lipinski definition) is 2. The van der Waals surface area contributed by atoms with E-state index in [-0.39, 0.29) is 12.5 Å². The highest BCUT2D eigenvalue weighted by Crippen LogP contribution is 2.23. The van der Waals surface area contributed by atoms with Gasteiger partial charge in [-0.15, -0.1) is 0 Å². The molecule has 2 heteroatoms. The fourth-order valence-electron chi connectivity index (χ4n) is 2.90. The molecule has 0 bridgehead atoms. The van der Waals surface area contributed by atoms with Gasteiger partial charge in [-0.05, 0) is 49.8 Å². The first-order valence-corrected chi connectivity index (χ1v) is 7.42. The Labute approximate surface area is 127 Å². The summed E-state index contributed by atoms with van der Waals surface area (Å²) in [6, 6.07) is 14.6. The third kappa shape index (κ3) is 4.33. The number of aryl methyl sites for hydroxylation is 2. The highest BCUT2D eigenvalue weighted by atomic mass is 16.5. The van der Waals surface area contributed by atoms with E-state index in [1.165, 1.54) is 16.7 Å². The van der Waals surface area contributed by atoms with Crippen LogP contribution >= 0.6 is 0 Å². The molecule has 1 unspecified atom stereocenters. The monoisotopic (exact) mass is 284 g/mol. The molecule has 0 saturated carbocycles. The molecule has 0 amide bonds. The van der Waals surface area contributed by atoms with Crippen molar-refractivity contribution in [1.29, 1.82) is 0 Å². The number of para-hydroxylation sites is 1. The maximum atomic E-state index is 9.71. The second-order valence-corrected chi connectivity index (χ2v) is 5.76. The minimum absolute atomic E-state index is 0.186. The van der Waals surface area contributed by atoms with Crippen molar-refractivity contribution in [3.63, 3.8) is 0 Å². The van der Waals surface area contributed by atoms with Gasteiger partial charge in [0, 0.05) is 6.61 Å². The zero-order valence-corrected chi connectivity index (χ0v) is 13.1. The first kappa shape index (κ1) is 15.6. The van der Waals surface area contributed by atoms with E-state index in [4.69, 9.17) is 4.74 Å². The van der Waals surface area contributed by atoms with Crippen LogP contribution in [0, 0.1) is 19.8 Å². The Hall–Kier alpha value is -1.80. The van der Waals surface area contributed by atoms with E-state index < -0.39 is 0 Å². The maximum Gasteiger partial charge on any atom is 0.122 e. The number of aliphatic hydroxyl groups is 1. The molecule has 0 aliphatic carbocycles. The van der Waals surface area contributed by atoms with E-state index in [1.54, 1.807) is 7.11 Å². The average Bonchev–Trinajstić information content (AvgIpc) is 2.46. The lowest BCUT2D eigenvalue weighted by molar-refractivity contribution is 0.224. The van der Waals surface area contributed by atoms with Gasteiger partial charge in [-0.25, -0.2) is 0 Å². The van der Waals surface area contributed by atoms with Crippen molar-refractivity contribution in [3.05, 3.63) is 64.7 Å². The van der Waals surface area contributed by atoms with Crippen molar-refractivity contribution in [2.45, 2.75) is 26.7 Å². The van der Waals surface area contributed by atoms with Crippen LogP contribution in [0.5, 0.6) is 5.75 Å². The molecule has 2 nitrogen and oxygen atoms in total. The van der Waals surface area contributed by atoms with Crippen molar-refractivity contribution in [1.82, 2.24) is 0 Å². The van der Waals surface area contributed by atoms with E-state index in [1.807, 2.05) is 18.2 Å². The quantitative estimate of drug-likeness (QED) is 0.876. The molecule has 2 aromatic rings. The van der Waals surface area contributed by atoms with Crippen LogP contribution in [0.15, 0.2) is 42.5 Å². The molecule has 112 valence electrons. The summed E-state index contributed by atoms with van der Waals surface area (Å²) in [5.74, 6) is 1.11. The summed E-state index contributed by atoms with van der Waals surface area (Å²) in [6.45, 7) is 4.42. The van der Waals surface area contributed by atoms with Gasteiger partial charge in [-0.2, -0.15) is 0 Å². The van der Waals surface area contributed by atoms with Crippen LogP contribution in [-0.2, 0) is 12.8 Å². The molecule has 0 aliphatic heterocycles. The van der Waals surface area contributed by atoms with Crippen molar-refractivity contribution in [2.24, 2.45) is 5.92 Å². The predicted molar refractivity (Wildman–Crippen MR) is 86.9 cm³/mol. The van der Waals surface area contributed by atoms with Gasteiger partial charge in [-0.1, -0.05) is 47.5 Å². The van der Waals surface area contributed by atoms with Gasteiger partial charge in [-0.3, -0.25) is 0 Å². The molecule has 0 spiro atoms. The van der Waals surface area contributed by atoms with Gasteiger partial charge in [0.25, 0.3) is 0 Å². The van der Waals surface area contributed by atoms with E-state index in [2.05, 4.69) is 38.1 Å². The maximum absolute atomic E-state index is 9.71. The lowest BCUT2D eigenvalue weighted by Gasteiger charge is -2.17. The number of hydrogen-bond donors (Lipinski definition) is 1. The van der Waals surface area contributed by atoms with Crippen LogP contribution in [0.3, 0.4) is 0 Å². The molecule has 0 heterocycles. The fourth-order valence-corrected chi connectivity index (χ4v) is 2.90. The highest BCUT2D eigenvalue weighted by Gasteiger charge is 2.13. The Kier molecular flexibility index (Phi) is 5.40. The Morgan fingerprint density at radius 3 is 2.29 bits per heavy atom. The molecular formula is C19H24O2. The van der Waals surface area contributed by atoms with E-state index >= 15 is 0 Å². The molecule has 2 aromatic carbocycles. The van der Waals surface area contributed by atoms with Crippen LogP contribution in [0.25, 0.3) is 0 Å². The Bertz CT molecular complexity index is 570. The molecule has 2 rings (SSSR count). The molecule has 1 N–H and O–H groups in total. The molecule has 0 aliphatic rings. The number of aliphatic hydroxyl groups excluding tert-OH is 1. The number of benzene rings is 2. The van der Waals surface area contributed by atoms with E-state index in [0.717, 1.165) is 24.2 Å². The molecule has 0 radical (unpaired) electrons. The average molecular weight is 284 g/mol. The summed E-state index contributed by atoms with van der Waals surface area (Å²) in [5, 5.41) is 9.71. The van der Waals surface area contributed by atoms with Gasteiger partial charge in [0.15, 0.2) is 0 Å². The molecule has 0 saturated heterocycles. The Morgan fingerprint density at radius 2 is 1.67 bits per heavy atom. The van der Waals surface area contributed by atoms with Gasteiger partial charge >= 0.3 is 0 Å². The first-order valence-electron chi connectivity index (χ1n) is 7.42. The summed E-state index contributed by atoms with van der Waals surface area (Å²) < 4.78 is 5.40. The SMILES string of the molecule is COc1ccccc1CC(CO)Cc1cc(C)cc(C)c1. The van der Waals surface area contributed by atoms with Crippen molar-refractivity contribution in [2.75, 3.05) is 13.7 Å². The molecule has 21 heavy (non-hydrogen) atoms. The second-order valence-electron chi connectivity index (χ2n) is 5.76. The molecule has 0 fully saturated rings. The van der Waals surface area contributed by atoms with Crippen molar-refractivity contribution in [3.8, 4) is 5.75 Å². The largest absolute Gasteiger partial charge is 0.496 e. The number of rotatable bonds is 6. The highest BCUT2D eigenvalue weighted by molar-refractivity contribution is 5.34. The van der Waals surface area contributed by atoms with Crippen LogP contribution in [0.1, 0.15) is 22.3 Å². The van der Waals surface area contributed by atoms with E-state index in [9.17, 15) is 5.11 Å². The van der Waals surface area contributed by atoms with Crippen LogP contribution in [0.2, 0.25) is 0 Å². The second kappa shape index (κ2) is 7.28. The minimum atomic E-state index is 0.186. The lowest BCUT2D eigenvalue weighted by Crippen LogP contribution is -2.13. The molecule has 1 atom stereocenters. The topological polar surface area (TPSA) is 29.5 Å². The minimum Gasteiger partial charge on any atom is -0.496 e. The summed E-state index contributed by atoms with van der Waals surface area (Å²) >= 11 is 0. The molecule has 0 aromatic heterocycles. The van der Waals surface area contributed by atoms with Crippen molar-refractivity contribution >= 4 is 0 Å². The third-order valence-corrected chi connectivity index (χ3v) is 3.77. The Balaban J connectivity index is 2.13. The van der Waals surface area contributed by atoms with Gasteiger partial charge in [0.2, 0.25) is 0 Å². The normalized spacial score (nSPS) is 12.2. The summed E-state index contributed by atoms with van der Waals surface area (Å²) in [6.07, 6.45) is 1.71. The summed E-state index contributed by atoms with van der Waals surface area (Å²) in [4.78, 5) is 0.